The van der Waals surface area contributed by atoms with E-state index in [0.717, 1.165) is 6.07 Å². The summed E-state index contributed by atoms with van der Waals surface area (Å²) in [6.07, 6.45) is 0. The van der Waals surface area contributed by atoms with Crippen LogP contribution in [-0.4, -0.2) is 0 Å². The predicted molar refractivity (Wildman–Crippen MR) is 65.1 cm³/mol. The molecule has 0 spiro atoms. The number of hydrogen-bond donors (Lipinski definition) is 1. The van der Waals surface area contributed by atoms with Crippen molar-refractivity contribution < 1.29 is 13.2 Å². The molecule has 0 amide bonds. The maximum absolute atomic E-state index is 13.3. The molecule has 0 aromatic heterocycles. The third-order valence-corrected chi connectivity index (χ3v) is 2.88. The van der Waals surface area contributed by atoms with E-state index in [1.54, 1.807) is 6.07 Å². The van der Waals surface area contributed by atoms with Crippen LogP contribution in [-0.2, 0) is 6.54 Å². The van der Waals surface area contributed by atoms with Crippen molar-refractivity contribution in [2.45, 2.75) is 6.54 Å². The van der Waals surface area contributed by atoms with E-state index in [2.05, 4.69) is 5.32 Å². The first-order chi connectivity index (χ1) is 8.59. The molecular formula is C13H9ClF3N. The first kappa shape index (κ1) is 12.8. The lowest BCUT2D eigenvalue weighted by molar-refractivity contribution is 0.511. The molecule has 1 nitrogen and oxygen atoms in total. The van der Waals surface area contributed by atoms with Gasteiger partial charge in [0.1, 0.15) is 5.82 Å². The van der Waals surface area contributed by atoms with Gasteiger partial charge in [-0.15, -0.1) is 0 Å². The van der Waals surface area contributed by atoms with E-state index >= 15 is 0 Å². The first-order valence-corrected chi connectivity index (χ1v) is 5.58. The second kappa shape index (κ2) is 5.31. The summed E-state index contributed by atoms with van der Waals surface area (Å²) in [7, 11) is 0. The molecule has 0 saturated carbocycles. The topological polar surface area (TPSA) is 12.0 Å². The van der Waals surface area contributed by atoms with Gasteiger partial charge in [0.25, 0.3) is 0 Å². The van der Waals surface area contributed by atoms with Crippen LogP contribution in [0.5, 0.6) is 0 Å². The Bertz CT molecular complexity index is 521. The Kier molecular flexibility index (Phi) is 3.77. The van der Waals surface area contributed by atoms with Gasteiger partial charge in [0, 0.05) is 6.54 Å². The Morgan fingerprint density at radius 1 is 0.944 bits per heavy atom. The van der Waals surface area contributed by atoms with Crippen LogP contribution in [0.15, 0.2) is 36.4 Å². The van der Waals surface area contributed by atoms with Gasteiger partial charge < -0.3 is 5.32 Å². The third kappa shape index (κ3) is 2.59. The van der Waals surface area contributed by atoms with E-state index in [4.69, 9.17) is 11.6 Å². The number of halogens is 4. The maximum atomic E-state index is 13.3. The van der Waals surface area contributed by atoms with Gasteiger partial charge in [-0.05, 0) is 23.8 Å². The van der Waals surface area contributed by atoms with E-state index in [9.17, 15) is 13.2 Å². The Labute approximate surface area is 107 Å². The van der Waals surface area contributed by atoms with Gasteiger partial charge in [0.15, 0.2) is 11.6 Å². The molecule has 0 heterocycles. The van der Waals surface area contributed by atoms with E-state index in [-0.39, 0.29) is 17.3 Å². The highest BCUT2D eigenvalue weighted by Crippen LogP contribution is 2.22. The number of rotatable bonds is 3. The zero-order valence-corrected chi connectivity index (χ0v) is 9.94. The van der Waals surface area contributed by atoms with Gasteiger partial charge in [-0.2, -0.15) is 0 Å². The molecule has 2 rings (SSSR count). The van der Waals surface area contributed by atoms with Crippen LogP contribution in [0.1, 0.15) is 5.56 Å². The molecule has 0 atom stereocenters. The Hall–Kier alpha value is -1.68. The zero-order valence-electron chi connectivity index (χ0n) is 9.18. The summed E-state index contributed by atoms with van der Waals surface area (Å²) in [5.74, 6) is -2.45. The molecule has 0 aliphatic carbocycles. The summed E-state index contributed by atoms with van der Waals surface area (Å²) < 4.78 is 39.4. The molecular weight excluding hydrogens is 263 g/mol. The van der Waals surface area contributed by atoms with E-state index in [0.29, 0.717) is 5.56 Å². The number of benzene rings is 2. The Balaban J connectivity index is 2.17. The zero-order chi connectivity index (χ0) is 13.1. The highest BCUT2D eigenvalue weighted by atomic mass is 35.5. The molecule has 0 saturated heterocycles. The highest BCUT2D eigenvalue weighted by Gasteiger charge is 2.09. The van der Waals surface area contributed by atoms with Crippen molar-refractivity contribution in [2.24, 2.45) is 0 Å². The normalized spacial score (nSPS) is 10.4. The van der Waals surface area contributed by atoms with Crippen molar-refractivity contribution in [3.05, 3.63) is 64.4 Å². The van der Waals surface area contributed by atoms with Crippen molar-refractivity contribution in [3.63, 3.8) is 0 Å². The minimum Gasteiger partial charge on any atom is -0.378 e. The van der Waals surface area contributed by atoms with Gasteiger partial charge in [-0.3, -0.25) is 0 Å². The van der Waals surface area contributed by atoms with Gasteiger partial charge >= 0.3 is 0 Å². The molecule has 18 heavy (non-hydrogen) atoms. The van der Waals surface area contributed by atoms with Crippen molar-refractivity contribution in [3.8, 4) is 0 Å². The molecule has 94 valence electrons. The minimum atomic E-state index is -0.968. The molecule has 0 bridgehead atoms. The monoisotopic (exact) mass is 271 g/mol. The van der Waals surface area contributed by atoms with Crippen LogP contribution in [0.4, 0.5) is 18.9 Å². The minimum absolute atomic E-state index is 0.00956. The van der Waals surface area contributed by atoms with Crippen LogP contribution < -0.4 is 5.32 Å². The Morgan fingerprint density at radius 3 is 2.39 bits per heavy atom. The Morgan fingerprint density at radius 2 is 1.61 bits per heavy atom. The van der Waals surface area contributed by atoms with Crippen molar-refractivity contribution >= 4 is 17.3 Å². The number of nitrogens with one attached hydrogen (secondary N) is 1. The standard InChI is InChI=1S/C13H9ClF3N/c14-12-8(3-1-4-9(12)15)7-18-11-6-2-5-10(16)13(11)17/h1-6,18H,7H2. The largest absolute Gasteiger partial charge is 0.378 e. The van der Waals surface area contributed by atoms with E-state index in [1.807, 2.05) is 0 Å². The summed E-state index contributed by atoms with van der Waals surface area (Å²) in [6, 6.07) is 8.14. The lowest BCUT2D eigenvalue weighted by Gasteiger charge is -2.09. The summed E-state index contributed by atoms with van der Waals surface area (Å²) in [5, 5.41) is 2.65. The molecule has 2 aromatic rings. The quantitative estimate of drug-likeness (QED) is 0.874. The molecule has 0 fully saturated rings. The van der Waals surface area contributed by atoms with Crippen LogP contribution in [0.25, 0.3) is 0 Å². The third-order valence-electron chi connectivity index (χ3n) is 2.45. The lowest BCUT2D eigenvalue weighted by atomic mass is 10.2. The highest BCUT2D eigenvalue weighted by molar-refractivity contribution is 6.31. The van der Waals surface area contributed by atoms with Gasteiger partial charge in [0.2, 0.25) is 0 Å². The van der Waals surface area contributed by atoms with E-state index < -0.39 is 17.5 Å². The SMILES string of the molecule is Fc1cccc(NCc2cccc(F)c2Cl)c1F. The predicted octanol–water partition coefficient (Wildman–Crippen LogP) is 4.37. The fourth-order valence-corrected chi connectivity index (χ4v) is 1.71. The molecule has 0 aliphatic rings. The molecule has 2 aromatic carbocycles. The van der Waals surface area contributed by atoms with Crippen molar-refractivity contribution in [2.75, 3.05) is 5.32 Å². The second-order valence-corrected chi connectivity index (χ2v) is 4.05. The molecule has 0 unspecified atom stereocenters. The van der Waals surface area contributed by atoms with Crippen LogP contribution in [0.3, 0.4) is 0 Å². The molecule has 5 heteroatoms. The molecule has 0 aliphatic heterocycles. The van der Waals surface area contributed by atoms with Gasteiger partial charge in [-0.25, -0.2) is 13.2 Å². The second-order valence-electron chi connectivity index (χ2n) is 3.67. The average molecular weight is 272 g/mol. The summed E-state index contributed by atoms with van der Waals surface area (Å²) in [4.78, 5) is 0. The summed E-state index contributed by atoms with van der Waals surface area (Å²) in [5.41, 5.74) is 0.482. The van der Waals surface area contributed by atoms with Crippen molar-refractivity contribution in [1.82, 2.24) is 0 Å². The maximum Gasteiger partial charge on any atom is 0.181 e. The molecule has 0 radical (unpaired) electrons. The van der Waals surface area contributed by atoms with Gasteiger partial charge in [0.05, 0.1) is 10.7 Å². The van der Waals surface area contributed by atoms with Crippen LogP contribution in [0.2, 0.25) is 5.02 Å². The average Bonchev–Trinajstić information content (AvgIpc) is 2.36. The first-order valence-electron chi connectivity index (χ1n) is 5.20. The lowest BCUT2D eigenvalue weighted by Crippen LogP contribution is -2.03. The smallest absolute Gasteiger partial charge is 0.181 e. The fraction of sp³-hybridized carbons (Fsp3) is 0.0769. The summed E-state index contributed by atoms with van der Waals surface area (Å²) >= 11 is 5.75. The number of anilines is 1. The number of hydrogen-bond acceptors (Lipinski definition) is 1. The van der Waals surface area contributed by atoms with E-state index in [1.165, 1.54) is 24.3 Å². The van der Waals surface area contributed by atoms with Crippen molar-refractivity contribution in [1.29, 1.82) is 0 Å². The summed E-state index contributed by atoms with van der Waals surface area (Å²) in [6.45, 7) is 0.108. The van der Waals surface area contributed by atoms with Gasteiger partial charge in [-0.1, -0.05) is 29.8 Å². The fourth-order valence-electron chi connectivity index (χ4n) is 1.52. The van der Waals surface area contributed by atoms with Crippen LogP contribution in [0, 0.1) is 17.5 Å². The molecule has 1 N–H and O–H groups in total. The van der Waals surface area contributed by atoms with Crippen LogP contribution >= 0.6 is 11.6 Å².